The highest BCUT2D eigenvalue weighted by Crippen LogP contribution is 2.38. The van der Waals surface area contributed by atoms with Crippen molar-refractivity contribution in [2.24, 2.45) is 0 Å². The summed E-state index contributed by atoms with van der Waals surface area (Å²) in [5.41, 5.74) is 1.99. The van der Waals surface area contributed by atoms with E-state index in [1.54, 1.807) is 28.4 Å². The minimum absolute atomic E-state index is 0.489. The van der Waals surface area contributed by atoms with Gasteiger partial charge in [0.25, 0.3) is 0 Å². The molecule has 3 rings (SSSR count). The van der Waals surface area contributed by atoms with Gasteiger partial charge in [0, 0.05) is 15.9 Å². The van der Waals surface area contributed by atoms with Crippen molar-refractivity contribution in [1.82, 2.24) is 0 Å². The first-order valence-electron chi connectivity index (χ1n) is 6.37. The molecule has 1 aliphatic heterocycles. The van der Waals surface area contributed by atoms with Gasteiger partial charge in [-0.1, -0.05) is 15.9 Å². The van der Waals surface area contributed by atoms with Crippen molar-refractivity contribution in [3.05, 3.63) is 50.1 Å². The van der Waals surface area contributed by atoms with Crippen LogP contribution in [-0.2, 0) is 11.2 Å². The van der Waals surface area contributed by atoms with E-state index in [-0.39, 0.29) is 0 Å². The number of benzene rings is 1. The van der Waals surface area contributed by atoms with Crippen molar-refractivity contribution in [3.8, 4) is 6.07 Å². The predicted octanol–water partition coefficient (Wildman–Crippen LogP) is 3.57. The van der Waals surface area contributed by atoms with Gasteiger partial charge in [-0.2, -0.15) is 5.26 Å². The third-order valence-corrected chi connectivity index (χ3v) is 5.08. The molecule has 2 aromatic rings. The number of fused-ring (bicyclic) bond motifs is 1. The Balaban J connectivity index is 2.13. The first-order chi connectivity index (χ1) is 10.1. The molecule has 1 atom stereocenters. The van der Waals surface area contributed by atoms with E-state index in [9.17, 15) is 15.2 Å². The first kappa shape index (κ1) is 14.1. The second kappa shape index (κ2) is 5.51. The Labute approximate surface area is 134 Å². The largest absolute Gasteiger partial charge is 0.479 e. The zero-order valence-electron chi connectivity index (χ0n) is 10.9. The molecule has 0 fully saturated rings. The fraction of sp³-hybridized carbons (Fsp3) is 0.200. The quantitative estimate of drug-likeness (QED) is 0.886. The Morgan fingerprint density at radius 2 is 2.29 bits per heavy atom. The molecule has 0 saturated carbocycles. The topological polar surface area (TPSA) is 64.3 Å². The highest BCUT2D eigenvalue weighted by molar-refractivity contribution is 9.10. The maximum absolute atomic E-state index is 11.8. The Morgan fingerprint density at radius 3 is 3.00 bits per heavy atom. The number of halogens is 1. The number of aliphatic carboxylic acids is 1. The molecule has 0 aliphatic carbocycles. The molecule has 1 aromatic carbocycles. The smallest absolute Gasteiger partial charge is 0.331 e. The number of rotatable bonds is 2. The van der Waals surface area contributed by atoms with Gasteiger partial charge < -0.3 is 10.0 Å². The standard InChI is InChI=1S/C15H11BrN2O2S/c16-10-2-1-9(8-17)12(7-10)18-5-3-13-11(4-6-21-13)14(18)15(19)20/h1-2,4,6-7,14H,3,5H2,(H,19,20). The highest BCUT2D eigenvalue weighted by Gasteiger charge is 2.34. The second-order valence-electron chi connectivity index (χ2n) is 4.76. The zero-order chi connectivity index (χ0) is 15.0. The maximum atomic E-state index is 11.8. The van der Waals surface area contributed by atoms with Crippen molar-refractivity contribution in [3.63, 3.8) is 0 Å². The fourth-order valence-electron chi connectivity index (χ4n) is 2.68. The lowest BCUT2D eigenvalue weighted by atomic mass is 9.98. The molecular formula is C15H11BrN2O2S. The van der Waals surface area contributed by atoms with E-state index in [1.165, 1.54) is 0 Å². The monoisotopic (exact) mass is 362 g/mol. The Kier molecular flexibility index (Phi) is 3.70. The summed E-state index contributed by atoms with van der Waals surface area (Å²) in [4.78, 5) is 14.7. The third kappa shape index (κ3) is 2.43. The van der Waals surface area contributed by atoms with Crippen LogP contribution in [0.1, 0.15) is 22.0 Å². The molecule has 1 unspecified atom stereocenters. The lowest BCUT2D eigenvalue weighted by Crippen LogP contribution is -2.39. The normalized spacial score (nSPS) is 17.1. The van der Waals surface area contributed by atoms with Crippen molar-refractivity contribution < 1.29 is 9.90 Å². The molecule has 1 aliphatic rings. The van der Waals surface area contributed by atoms with Crippen molar-refractivity contribution in [2.45, 2.75) is 12.5 Å². The minimum Gasteiger partial charge on any atom is -0.479 e. The van der Waals surface area contributed by atoms with Gasteiger partial charge in [-0.25, -0.2) is 4.79 Å². The van der Waals surface area contributed by atoms with Crippen LogP contribution in [0, 0.1) is 11.3 Å². The maximum Gasteiger partial charge on any atom is 0.331 e. The molecule has 0 saturated heterocycles. The Morgan fingerprint density at radius 1 is 1.48 bits per heavy atom. The molecule has 0 radical (unpaired) electrons. The van der Waals surface area contributed by atoms with Crippen molar-refractivity contribution in [2.75, 3.05) is 11.4 Å². The average Bonchev–Trinajstić information content (AvgIpc) is 2.94. The molecular weight excluding hydrogens is 352 g/mol. The van der Waals surface area contributed by atoms with Crippen LogP contribution in [0.4, 0.5) is 5.69 Å². The Hall–Kier alpha value is -1.84. The van der Waals surface area contributed by atoms with Crippen LogP contribution in [0.2, 0.25) is 0 Å². The summed E-state index contributed by atoms with van der Waals surface area (Å²) in [6.45, 7) is 0.593. The van der Waals surface area contributed by atoms with Crippen LogP contribution in [0.15, 0.2) is 34.1 Å². The fourth-order valence-corrected chi connectivity index (χ4v) is 3.93. The van der Waals surface area contributed by atoms with Crippen LogP contribution in [0.3, 0.4) is 0 Å². The predicted molar refractivity (Wildman–Crippen MR) is 84.6 cm³/mol. The van der Waals surface area contributed by atoms with Crippen LogP contribution >= 0.6 is 27.3 Å². The van der Waals surface area contributed by atoms with Crippen LogP contribution < -0.4 is 4.90 Å². The summed E-state index contributed by atoms with van der Waals surface area (Å²) < 4.78 is 0.830. The van der Waals surface area contributed by atoms with Gasteiger partial charge in [0.05, 0.1) is 11.3 Å². The number of carboxylic acids is 1. The molecule has 0 bridgehead atoms. The average molecular weight is 363 g/mol. The number of carbonyl (C=O) groups is 1. The highest BCUT2D eigenvalue weighted by atomic mass is 79.9. The lowest BCUT2D eigenvalue weighted by molar-refractivity contribution is -0.138. The summed E-state index contributed by atoms with van der Waals surface area (Å²) in [5, 5.41) is 20.8. The van der Waals surface area contributed by atoms with Crippen molar-refractivity contribution >= 4 is 38.9 Å². The summed E-state index contributed by atoms with van der Waals surface area (Å²) >= 11 is 4.98. The molecule has 21 heavy (non-hydrogen) atoms. The minimum atomic E-state index is -0.891. The van der Waals surface area contributed by atoms with E-state index in [4.69, 9.17) is 0 Å². The van der Waals surface area contributed by atoms with E-state index >= 15 is 0 Å². The Bertz CT molecular complexity index is 750. The van der Waals surface area contributed by atoms with Gasteiger partial charge in [-0.3, -0.25) is 0 Å². The van der Waals surface area contributed by atoms with E-state index in [0.717, 1.165) is 21.3 Å². The summed E-state index contributed by atoms with van der Waals surface area (Å²) in [6.07, 6.45) is 0.800. The number of anilines is 1. The molecule has 1 aromatic heterocycles. The van der Waals surface area contributed by atoms with Crippen molar-refractivity contribution in [1.29, 1.82) is 5.26 Å². The number of carboxylic acid groups (broad SMARTS) is 1. The van der Waals surface area contributed by atoms with Gasteiger partial charge in [0.1, 0.15) is 6.07 Å². The zero-order valence-corrected chi connectivity index (χ0v) is 13.3. The number of hydrogen-bond donors (Lipinski definition) is 1. The van der Waals surface area contributed by atoms with E-state index in [2.05, 4.69) is 22.0 Å². The molecule has 2 heterocycles. The molecule has 0 amide bonds. The number of hydrogen-bond acceptors (Lipinski definition) is 4. The van der Waals surface area contributed by atoms with Gasteiger partial charge in [-0.05, 0) is 41.6 Å². The first-order valence-corrected chi connectivity index (χ1v) is 8.04. The van der Waals surface area contributed by atoms with E-state index in [1.807, 2.05) is 17.5 Å². The molecule has 6 heteroatoms. The van der Waals surface area contributed by atoms with Crippen LogP contribution in [0.5, 0.6) is 0 Å². The number of thiophene rings is 1. The van der Waals surface area contributed by atoms with Crippen LogP contribution in [0.25, 0.3) is 0 Å². The van der Waals surface area contributed by atoms with E-state index < -0.39 is 12.0 Å². The molecule has 106 valence electrons. The summed E-state index contributed by atoms with van der Waals surface area (Å²) in [6, 6.07) is 8.59. The molecule has 1 N–H and O–H groups in total. The SMILES string of the molecule is N#Cc1ccc(Br)cc1N1CCc2sccc2C1C(=O)O. The van der Waals surface area contributed by atoms with Crippen LogP contribution in [-0.4, -0.2) is 17.6 Å². The lowest BCUT2D eigenvalue weighted by Gasteiger charge is -2.35. The summed E-state index contributed by atoms with van der Waals surface area (Å²) in [7, 11) is 0. The van der Waals surface area contributed by atoms with Gasteiger partial charge in [0.2, 0.25) is 0 Å². The van der Waals surface area contributed by atoms with Gasteiger partial charge in [0.15, 0.2) is 6.04 Å². The van der Waals surface area contributed by atoms with Gasteiger partial charge in [-0.15, -0.1) is 11.3 Å². The van der Waals surface area contributed by atoms with E-state index in [0.29, 0.717) is 17.8 Å². The number of nitrogens with zero attached hydrogens (tertiary/aromatic N) is 2. The van der Waals surface area contributed by atoms with Gasteiger partial charge >= 0.3 is 5.97 Å². The second-order valence-corrected chi connectivity index (χ2v) is 6.67. The molecule has 4 nitrogen and oxygen atoms in total. The summed E-state index contributed by atoms with van der Waals surface area (Å²) in [5.74, 6) is -0.891. The third-order valence-electron chi connectivity index (χ3n) is 3.59. The molecule has 0 spiro atoms. The number of nitriles is 1.